The van der Waals surface area contributed by atoms with E-state index in [2.05, 4.69) is 0 Å². The number of rotatable bonds is 1. The summed E-state index contributed by atoms with van der Waals surface area (Å²) in [6.45, 7) is 6.04. The zero-order valence-electron chi connectivity index (χ0n) is 10.6. The fourth-order valence-corrected chi connectivity index (χ4v) is 2.41. The Morgan fingerprint density at radius 2 is 1.88 bits per heavy atom. The molecule has 1 heterocycles. The molecule has 0 radical (unpaired) electrons. The van der Waals surface area contributed by atoms with E-state index >= 15 is 0 Å². The van der Waals surface area contributed by atoms with Gasteiger partial charge in [-0.05, 0) is 45.4 Å². The molecule has 2 N–H and O–H groups in total. The van der Waals surface area contributed by atoms with E-state index in [9.17, 15) is 9.59 Å². The molecular weight excluding hydrogens is 220 g/mol. The Hall–Kier alpha value is -1.26. The van der Waals surface area contributed by atoms with Crippen LogP contribution >= 0.6 is 0 Å². The molecule has 1 aliphatic heterocycles. The minimum Gasteiger partial charge on any atom is -0.444 e. The molecule has 96 valence electrons. The van der Waals surface area contributed by atoms with Crippen LogP contribution in [0.2, 0.25) is 0 Å². The van der Waals surface area contributed by atoms with E-state index in [4.69, 9.17) is 10.5 Å². The minimum absolute atomic E-state index is 0.424. The summed E-state index contributed by atoms with van der Waals surface area (Å²) in [5.74, 6) is 0.686. The van der Waals surface area contributed by atoms with Gasteiger partial charge in [-0.25, -0.2) is 4.79 Å². The number of ether oxygens (including phenoxy) is 1. The highest BCUT2D eigenvalue weighted by Crippen LogP contribution is 2.47. The van der Waals surface area contributed by atoms with Crippen molar-refractivity contribution in [2.24, 2.45) is 17.6 Å². The second-order valence-corrected chi connectivity index (χ2v) is 6.04. The molecule has 0 aromatic rings. The first-order valence-electron chi connectivity index (χ1n) is 6.07. The number of primary amides is 1. The zero-order chi connectivity index (χ0) is 12.8. The van der Waals surface area contributed by atoms with E-state index < -0.39 is 23.6 Å². The summed E-state index contributed by atoms with van der Waals surface area (Å²) >= 11 is 0. The third-order valence-electron chi connectivity index (χ3n) is 3.36. The average molecular weight is 240 g/mol. The summed E-state index contributed by atoms with van der Waals surface area (Å²) in [5.41, 5.74) is 4.81. The van der Waals surface area contributed by atoms with E-state index in [0.717, 1.165) is 6.42 Å². The topological polar surface area (TPSA) is 72.6 Å². The van der Waals surface area contributed by atoms with Crippen LogP contribution in [0.4, 0.5) is 4.79 Å². The van der Waals surface area contributed by atoms with Gasteiger partial charge in [0.2, 0.25) is 5.91 Å². The molecule has 1 aliphatic carbocycles. The number of amides is 2. The van der Waals surface area contributed by atoms with Crippen molar-refractivity contribution < 1.29 is 14.3 Å². The van der Waals surface area contributed by atoms with Crippen LogP contribution in [0, 0.1) is 11.8 Å². The number of likely N-dealkylation sites (tertiary alicyclic amines) is 1. The summed E-state index contributed by atoms with van der Waals surface area (Å²) in [7, 11) is 0. The van der Waals surface area contributed by atoms with E-state index in [-0.39, 0.29) is 0 Å². The van der Waals surface area contributed by atoms with Gasteiger partial charge in [-0.3, -0.25) is 9.69 Å². The van der Waals surface area contributed by atoms with E-state index in [0.29, 0.717) is 24.8 Å². The molecule has 0 aromatic heterocycles. The van der Waals surface area contributed by atoms with Crippen molar-refractivity contribution in [1.82, 2.24) is 4.90 Å². The SMILES string of the molecule is CC(C)(C)OC(=O)N1CC2CC2CC1C(N)=O. The lowest BCUT2D eigenvalue weighted by Crippen LogP contribution is -2.52. The number of piperidine rings is 1. The lowest BCUT2D eigenvalue weighted by atomic mass is 10.0. The van der Waals surface area contributed by atoms with Crippen molar-refractivity contribution in [3.05, 3.63) is 0 Å². The molecule has 0 spiro atoms. The van der Waals surface area contributed by atoms with Crippen LogP contribution in [0.5, 0.6) is 0 Å². The lowest BCUT2D eigenvalue weighted by molar-refractivity contribution is -0.124. The highest BCUT2D eigenvalue weighted by molar-refractivity contribution is 5.84. The highest BCUT2D eigenvalue weighted by atomic mass is 16.6. The molecule has 2 amide bonds. The molecule has 2 aliphatic rings. The number of carbonyl (C=O) groups excluding carboxylic acids is 2. The standard InChI is InChI=1S/C12H20N2O3/c1-12(2,3)17-11(16)14-6-8-4-7(8)5-9(14)10(13)15/h7-9H,4-6H2,1-3H3,(H2,13,15). The predicted molar refractivity (Wildman–Crippen MR) is 62.1 cm³/mol. The van der Waals surface area contributed by atoms with Gasteiger partial charge in [0, 0.05) is 6.54 Å². The van der Waals surface area contributed by atoms with Gasteiger partial charge in [-0.1, -0.05) is 0 Å². The molecule has 2 rings (SSSR count). The number of fused-ring (bicyclic) bond motifs is 1. The summed E-state index contributed by atoms with van der Waals surface area (Å²) in [6, 6.07) is -0.492. The first-order valence-corrected chi connectivity index (χ1v) is 6.07. The summed E-state index contributed by atoms with van der Waals surface area (Å²) < 4.78 is 5.30. The van der Waals surface area contributed by atoms with Crippen LogP contribution in [0.15, 0.2) is 0 Å². The van der Waals surface area contributed by atoms with E-state index in [1.54, 1.807) is 0 Å². The Labute approximate surface area is 101 Å². The van der Waals surface area contributed by atoms with Gasteiger partial charge < -0.3 is 10.5 Å². The van der Waals surface area contributed by atoms with E-state index in [1.807, 2.05) is 20.8 Å². The molecule has 5 nitrogen and oxygen atoms in total. The summed E-state index contributed by atoms with van der Waals surface area (Å²) in [4.78, 5) is 24.9. The van der Waals surface area contributed by atoms with Gasteiger partial charge in [0.1, 0.15) is 11.6 Å². The Morgan fingerprint density at radius 3 is 2.41 bits per heavy atom. The second-order valence-electron chi connectivity index (χ2n) is 6.04. The van der Waals surface area contributed by atoms with Crippen LogP contribution in [0.1, 0.15) is 33.6 Å². The van der Waals surface area contributed by atoms with Crippen LogP contribution in [-0.4, -0.2) is 35.1 Å². The molecule has 5 heteroatoms. The first kappa shape index (κ1) is 12.2. The molecule has 3 unspecified atom stereocenters. The second kappa shape index (κ2) is 3.89. The molecule has 1 saturated carbocycles. The summed E-state index contributed by atoms with van der Waals surface area (Å²) in [6.07, 6.45) is 1.37. The van der Waals surface area contributed by atoms with Crippen molar-refractivity contribution >= 4 is 12.0 Å². The van der Waals surface area contributed by atoms with Gasteiger partial charge in [0.25, 0.3) is 0 Å². The van der Waals surface area contributed by atoms with Crippen molar-refractivity contribution in [3.63, 3.8) is 0 Å². The van der Waals surface area contributed by atoms with Crippen LogP contribution in [0.25, 0.3) is 0 Å². The number of nitrogens with two attached hydrogens (primary N) is 1. The fraction of sp³-hybridized carbons (Fsp3) is 0.833. The van der Waals surface area contributed by atoms with Crippen molar-refractivity contribution in [2.75, 3.05) is 6.54 Å². The van der Waals surface area contributed by atoms with Crippen molar-refractivity contribution in [3.8, 4) is 0 Å². The number of hydrogen-bond donors (Lipinski definition) is 1. The smallest absolute Gasteiger partial charge is 0.410 e. The van der Waals surface area contributed by atoms with Gasteiger partial charge in [0.15, 0.2) is 0 Å². The molecule has 3 atom stereocenters. The minimum atomic E-state index is -0.542. The largest absolute Gasteiger partial charge is 0.444 e. The number of hydrogen-bond acceptors (Lipinski definition) is 3. The quantitative estimate of drug-likeness (QED) is 0.746. The molecule has 0 bridgehead atoms. The van der Waals surface area contributed by atoms with Crippen LogP contribution in [-0.2, 0) is 9.53 Å². The predicted octanol–water partition coefficient (Wildman–Crippen LogP) is 1.12. The van der Waals surface area contributed by atoms with E-state index in [1.165, 1.54) is 4.90 Å². The Morgan fingerprint density at radius 1 is 1.24 bits per heavy atom. The van der Waals surface area contributed by atoms with Gasteiger partial charge >= 0.3 is 6.09 Å². The third kappa shape index (κ3) is 2.70. The van der Waals surface area contributed by atoms with Gasteiger partial charge in [0.05, 0.1) is 0 Å². The average Bonchev–Trinajstić information content (AvgIpc) is 2.90. The van der Waals surface area contributed by atoms with Gasteiger partial charge in [-0.15, -0.1) is 0 Å². The third-order valence-corrected chi connectivity index (χ3v) is 3.36. The van der Waals surface area contributed by atoms with Crippen LogP contribution < -0.4 is 5.73 Å². The van der Waals surface area contributed by atoms with Crippen molar-refractivity contribution in [1.29, 1.82) is 0 Å². The zero-order valence-corrected chi connectivity index (χ0v) is 10.6. The Bertz CT molecular complexity index is 348. The Balaban J connectivity index is 2.06. The number of carbonyl (C=O) groups is 2. The molecule has 2 fully saturated rings. The molecular formula is C12H20N2O3. The highest BCUT2D eigenvalue weighted by Gasteiger charge is 2.49. The van der Waals surface area contributed by atoms with Gasteiger partial charge in [-0.2, -0.15) is 0 Å². The monoisotopic (exact) mass is 240 g/mol. The normalized spacial score (nSPS) is 31.7. The molecule has 17 heavy (non-hydrogen) atoms. The fourth-order valence-electron chi connectivity index (χ4n) is 2.41. The first-order chi connectivity index (χ1) is 7.78. The Kier molecular flexibility index (Phi) is 2.79. The number of nitrogens with zero attached hydrogens (tertiary/aromatic N) is 1. The molecule has 1 saturated heterocycles. The maximum absolute atomic E-state index is 12.0. The maximum Gasteiger partial charge on any atom is 0.410 e. The molecule has 0 aromatic carbocycles. The summed E-state index contributed by atoms with van der Waals surface area (Å²) in [5, 5.41) is 0. The van der Waals surface area contributed by atoms with Crippen LogP contribution in [0.3, 0.4) is 0 Å². The van der Waals surface area contributed by atoms with Crippen molar-refractivity contribution in [2.45, 2.75) is 45.3 Å². The maximum atomic E-state index is 12.0. The lowest BCUT2D eigenvalue weighted by Gasteiger charge is -2.34.